The molecule has 1 atom stereocenters. The summed E-state index contributed by atoms with van der Waals surface area (Å²) in [5, 5.41) is 3.48. The number of benzene rings is 2. The molecule has 0 bridgehead atoms. The second-order valence-electron chi connectivity index (χ2n) is 5.28. The van der Waals surface area contributed by atoms with Crippen LogP contribution in [-0.4, -0.2) is 7.11 Å². The van der Waals surface area contributed by atoms with Gasteiger partial charge in [-0.3, -0.25) is 0 Å². The molecule has 2 aromatic rings. The highest BCUT2D eigenvalue weighted by molar-refractivity contribution is 5.58. The maximum Gasteiger partial charge on any atom is 0.144 e. The summed E-state index contributed by atoms with van der Waals surface area (Å²) >= 11 is 0. The Bertz CT molecular complexity index is 639. The summed E-state index contributed by atoms with van der Waals surface area (Å²) in [5.74, 6) is 0.265. The van der Waals surface area contributed by atoms with Gasteiger partial charge in [0.2, 0.25) is 0 Å². The van der Waals surface area contributed by atoms with Crippen molar-refractivity contribution in [1.82, 2.24) is 0 Å². The molecule has 1 aliphatic rings. The van der Waals surface area contributed by atoms with Crippen LogP contribution < -0.4 is 10.1 Å². The first kappa shape index (κ1) is 13.0. The fraction of sp³-hybridized carbons (Fsp3) is 0.294. The molecule has 0 saturated carbocycles. The Morgan fingerprint density at radius 2 is 2.05 bits per heavy atom. The first-order valence-corrected chi connectivity index (χ1v) is 6.87. The highest BCUT2D eigenvalue weighted by Gasteiger charge is 2.23. The molecule has 0 amide bonds. The minimum absolute atomic E-state index is 0.268. The lowest BCUT2D eigenvalue weighted by molar-refractivity contribution is 0.412. The first-order valence-electron chi connectivity index (χ1n) is 6.87. The molecule has 20 heavy (non-hydrogen) atoms. The zero-order valence-corrected chi connectivity index (χ0v) is 11.7. The quantitative estimate of drug-likeness (QED) is 0.901. The largest absolute Gasteiger partial charge is 0.494 e. The lowest BCUT2D eigenvalue weighted by atomic mass is 10.0. The van der Waals surface area contributed by atoms with E-state index in [0.29, 0.717) is 5.75 Å². The number of nitrogens with one attached hydrogen (secondary N) is 1. The minimum Gasteiger partial charge on any atom is -0.494 e. The van der Waals surface area contributed by atoms with Crippen molar-refractivity contribution < 1.29 is 9.13 Å². The molecule has 0 radical (unpaired) electrons. The van der Waals surface area contributed by atoms with Crippen LogP contribution in [-0.2, 0) is 6.42 Å². The van der Waals surface area contributed by atoms with E-state index in [9.17, 15) is 4.39 Å². The molecule has 3 rings (SSSR count). The molecule has 0 saturated heterocycles. The van der Waals surface area contributed by atoms with E-state index in [2.05, 4.69) is 30.4 Å². The van der Waals surface area contributed by atoms with Crippen molar-refractivity contribution in [2.24, 2.45) is 0 Å². The van der Waals surface area contributed by atoms with Crippen molar-refractivity contribution in [2.45, 2.75) is 25.8 Å². The molecule has 1 N–H and O–H groups in total. The molecule has 2 nitrogen and oxygen atoms in total. The molecule has 1 unspecified atom stereocenters. The van der Waals surface area contributed by atoms with Gasteiger partial charge in [0, 0.05) is 6.07 Å². The van der Waals surface area contributed by atoms with Crippen LogP contribution in [0.1, 0.15) is 29.2 Å². The summed E-state index contributed by atoms with van der Waals surface area (Å²) in [6.45, 7) is 2.11. The summed E-state index contributed by atoms with van der Waals surface area (Å²) in [5.41, 5.74) is 4.85. The highest BCUT2D eigenvalue weighted by Crippen LogP contribution is 2.36. The zero-order valence-electron chi connectivity index (χ0n) is 11.7. The third kappa shape index (κ3) is 2.36. The van der Waals surface area contributed by atoms with E-state index in [0.717, 1.165) is 18.5 Å². The van der Waals surface area contributed by atoms with Crippen LogP contribution in [0, 0.1) is 12.7 Å². The average Bonchev–Trinajstić information content (AvgIpc) is 2.83. The maximum absolute atomic E-state index is 13.2. The van der Waals surface area contributed by atoms with Gasteiger partial charge in [-0.05, 0) is 43.0 Å². The number of aryl methyl sites for hydroxylation is 2. The Hall–Kier alpha value is -2.03. The van der Waals surface area contributed by atoms with Crippen molar-refractivity contribution >= 4 is 5.69 Å². The van der Waals surface area contributed by atoms with Gasteiger partial charge >= 0.3 is 0 Å². The van der Waals surface area contributed by atoms with E-state index < -0.39 is 0 Å². The Balaban J connectivity index is 1.89. The predicted octanol–water partition coefficient (Wildman–Crippen LogP) is 4.24. The molecular weight excluding hydrogens is 253 g/mol. The number of hydrogen-bond acceptors (Lipinski definition) is 2. The average molecular weight is 271 g/mol. The highest BCUT2D eigenvalue weighted by atomic mass is 19.1. The lowest BCUT2D eigenvalue weighted by Gasteiger charge is -2.18. The van der Waals surface area contributed by atoms with E-state index >= 15 is 0 Å². The Labute approximate surface area is 118 Å². The molecule has 0 heterocycles. The third-order valence-corrected chi connectivity index (χ3v) is 3.87. The Morgan fingerprint density at radius 1 is 1.20 bits per heavy atom. The number of methoxy groups -OCH3 is 1. The number of fused-ring (bicyclic) bond motifs is 1. The summed E-state index contributed by atoms with van der Waals surface area (Å²) in [7, 11) is 1.56. The van der Waals surface area contributed by atoms with Gasteiger partial charge in [-0.15, -0.1) is 0 Å². The van der Waals surface area contributed by atoms with Crippen LogP contribution in [0.15, 0.2) is 36.4 Å². The number of hydrogen-bond donors (Lipinski definition) is 1. The molecule has 0 aromatic heterocycles. The minimum atomic E-state index is -0.282. The maximum atomic E-state index is 13.2. The fourth-order valence-electron chi connectivity index (χ4n) is 2.84. The van der Waals surface area contributed by atoms with Crippen molar-refractivity contribution in [3.05, 3.63) is 58.9 Å². The van der Waals surface area contributed by atoms with Crippen LogP contribution >= 0.6 is 0 Å². The topological polar surface area (TPSA) is 21.3 Å². The Morgan fingerprint density at radius 3 is 2.85 bits per heavy atom. The van der Waals surface area contributed by atoms with E-state index in [1.54, 1.807) is 13.2 Å². The van der Waals surface area contributed by atoms with Crippen molar-refractivity contribution in [1.29, 1.82) is 0 Å². The zero-order chi connectivity index (χ0) is 14.1. The summed E-state index contributed by atoms with van der Waals surface area (Å²) in [4.78, 5) is 0. The second kappa shape index (κ2) is 5.16. The van der Waals surface area contributed by atoms with Gasteiger partial charge in [0.25, 0.3) is 0 Å². The third-order valence-electron chi connectivity index (χ3n) is 3.87. The number of anilines is 1. The second-order valence-corrected chi connectivity index (χ2v) is 5.28. The van der Waals surface area contributed by atoms with Crippen LogP contribution in [0.5, 0.6) is 5.75 Å². The molecule has 3 heteroatoms. The number of halogens is 1. The van der Waals surface area contributed by atoms with Crippen LogP contribution in [0.2, 0.25) is 0 Å². The molecular formula is C17H18FNO. The molecule has 0 fully saturated rings. The lowest BCUT2D eigenvalue weighted by Crippen LogP contribution is -2.08. The van der Waals surface area contributed by atoms with E-state index in [-0.39, 0.29) is 11.9 Å². The smallest absolute Gasteiger partial charge is 0.144 e. The SMILES string of the molecule is COc1cc(F)ccc1NC1CCc2ccc(C)cc21. The summed E-state index contributed by atoms with van der Waals surface area (Å²) in [6, 6.07) is 11.5. The van der Waals surface area contributed by atoms with E-state index in [4.69, 9.17) is 4.74 Å². The van der Waals surface area contributed by atoms with E-state index in [1.165, 1.54) is 28.8 Å². The normalized spacial score (nSPS) is 16.9. The Kier molecular flexibility index (Phi) is 3.35. The van der Waals surface area contributed by atoms with Gasteiger partial charge in [0.1, 0.15) is 11.6 Å². The van der Waals surface area contributed by atoms with Crippen molar-refractivity contribution in [2.75, 3.05) is 12.4 Å². The van der Waals surface area contributed by atoms with Gasteiger partial charge in [0.15, 0.2) is 0 Å². The van der Waals surface area contributed by atoms with Gasteiger partial charge in [0.05, 0.1) is 18.8 Å². The molecule has 0 spiro atoms. The molecule has 2 aromatic carbocycles. The molecule has 104 valence electrons. The van der Waals surface area contributed by atoms with E-state index in [1.807, 2.05) is 0 Å². The molecule has 0 aliphatic heterocycles. The van der Waals surface area contributed by atoms with Crippen molar-refractivity contribution in [3.8, 4) is 5.75 Å². The van der Waals surface area contributed by atoms with Crippen molar-refractivity contribution in [3.63, 3.8) is 0 Å². The van der Waals surface area contributed by atoms with Gasteiger partial charge < -0.3 is 10.1 Å². The van der Waals surface area contributed by atoms with Crippen LogP contribution in [0.3, 0.4) is 0 Å². The van der Waals surface area contributed by atoms with Gasteiger partial charge in [-0.25, -0.2) is 4.39 Å². The molecule has 1 aliphatic carbocycles. The predicted molar refractivity (Wildman–Crippen MR) is 78.8 cm³/mol. The summed E-state index contributed by atoms with van der Waals surface area (Å²) in [6.07, 6.45) is 2.14. The fourth-order valence-corrected chi connectivity index (χ4v) is 2.84. The van der Waals surface area contributed by atoms with Crippen LogP contribution in [0.25, 0.3) is 0 Å². The van der Waals surface area contributed by atoms with Crippen LogP contribution in [0.4, 0.5) is 10.1 Å². The number of rotatable bonds is 3. The standard InChI is InChI=1S/C17H18FNO/c1-11-3-4-12-5-7-15(14(12)9-11)19-16-8-6-13(18)10-17(16)20-2/h3-4,6,8-10,15,19H,5,7H2,1-2H3. The number of ether oxygens (including phenoxy) is 1. The van der Waals surface area contributed by atoms with Gasteiger partial charge in [-0.2, -0.15) is 0 Å². The summed E-state index contributed by atoms with van der Waals surface area (Å²) < 4.78 is 18.5. The first-order chi connectivity index (χ1) is 9.67. The monoisotopic (exact) mass is 271 g/mol. The van der Waals surface area contributed by atoms with Gasteiger partial charge in [-0.1, -0.05) is 23.8 Å².